The van der Waals surface area contributed by atoms with Gasteiger partial charge < -0.3 is 10.4 Å². The summed E-state index contributed by atoms with van der Waals surface area (Å²) < 4.78 is 27.1. The van der Waals surface area contributed by atoms with Crippen LogP contribution in [0.1, 0.15) is 36.7 Å². The molecule has 1 amide bonds. The van der Waals surface area contributed by atoms with Crippen molar-refractivity contribution in [2.24, 2.45) is 0 Å². The second-order valence-electron chi connectivity index (χ2n) is 7.10. The molecule has 7 nitrogen and oxygen atoms in total. The van der Waals surface area contributed by atoms with Gasteiger partial charge in [-0.05, 0) is 62.7 Å². The number of carboxylic acid groups (broad SMARTS) is 1. The molecule has 0 fully saturated rings. The van der Waals surface area contributed by atoms with Gasteiger partial charge in [-0.25, -0.2) is 13.1 Å². The van der Waals surface area contributed by atoms with Crippen LogP contribution in [0.25, 0.3) is 0 Å². The van der Waals surface area contributed by atoms with Gasteiger partial charge in [0.25, 0.3) is 5.91 Å². The Kier molecular flexibility index (Phi) is 6.02. The maximum Gasteiger partial charge on any atom is 0.307 e. The van der Waals surface area contributed by atoms with Gasteiger partial charge in [0.2, 0.25) is 10.0 Å². The molecule has 8 heteroatoms. The lowest BCUT2D eigenvalue weighted by molar-refractivity contribution is -0.136. The minimum atomic E-state index is -3.67. The highest BCUT2D eigenvalue weighted by Gasteiger charge is 2.22. The Morgan fingerprint density at radius 1 is 1.04 bits per heavy atom. The van der Waals surface area contributed by atoms with Crippen LogP contribution >= 0.6 is 0 Å². The summed E-state index contributed by atoms with van der Waals surface area (Å²) in [5, 5.41) is 11.5. The van der Waals surface area contributed by atoms with E-state index in [1.807, 2.05) is 0 Å². The molecule has 2 rings (SSSR count). The third kappa shape index (κ3) is 6.19. The number of amides is 1. The highest BCUT2D eigenvalue weighted by atomic mass is 32.2. The van der Waals surface area contributed by atoms with E-state index in [1.54, 1.807) is 45.0 Å². The van der Waals surface area contributed by atoms with Crippen LogP contribution in [-0.2, 0) is 21.2 Å². The van der Waals surface area contributed by atoms with Gasteiger partial charge in [0.15, 0.2) is 0 Å². The normalized spacial score (nSPS) is 11.8. The molecule has 0 saturated heterocycles. The van der Waals surface area contributed by atoms with Gasteiger partial charge >= 0.3 is 5.97 Å². The first kappa shape index (κ1) is 20.6. The predicted molar refractivity (Wildman–Crippen MR) is 102 cm³/mol. The zero-order valence-corrected chi connectivity index (χ0v) is 16.1. The van der Waals surface area contributed by atoms with E-state index in [9.17, 15) is 18.0 Å². The molecule has 3 N–H and O–H groups in total. The maximum atomic E-state index is 12.3. The van der Waals surface area contributed by atoms with Gasteiger partial charge in [0.05, 0.1) is 11.3 Å². The Labute approximate surface area is 158 Å². The van der Waals surface area contributed by atoms with E-state index >= 15 is 0 Å². The van der Waals surface area contributed by atoms with Crippen LogP contribution in [0.4, 0.5) is 5.69 Å². The van der Waals surface area contributed by atoms with E-state index in [-0.39, 0.29) is 16.9 Å². The van der Waals surface area contributed by atoms with Crippen LogP contribution < -0.4 is 10.0 Å². The standard InChI is InChI=1S/C19H22N2O5S/c1-19(2,3)21-27(25,26)16-9-7-14(8-10-16)18(24)20-15-6-4-5-13(11-15)12-17(22)23/h4-11,21H,12H2,1-3H3,(H,20,24)(H,22,23). The fourth-order valence-corrected chi connectivity index (χ4v) is 3.80. The number of carboxylic acids is 1. The average molecular weight is 390 g/mol. The molecule has 0 aliphatic heterocycles. The molecule has 144 valence electrons. The van der Waals surface area contributed by atoms with Crippen LogP contribution in [0.5, 0.6) is 0 Å². The highest BCUT2D eigenvalue weighted by Crippen LogP contribution is 2.16. The summed E-state index contributed by atoms with van der Waals surface area (Å²) in [7, 11) is -3.67. The summed E-state index contributed by atoms with van der Waals surface area (Å²) in [6.45, 7) is 5.22. The topological polar surface area (TPSA) is 113 Å². The lowest BCUT2D eigenvalue weighted by Gasteiger charge is -2.20. The summed E-state index contributed by atoms with van der Waals surface area (Å²) in [6.07, 6.45) is -0.142. The van der Waals surface area contributed by atoms with Crippen LogP contribution in [0, 0.1) is 0 Å². The zero-order valence-electron chi connectivity index (χ0n) is 15.3. The number of sulfonamides is 1. The molecular formula is C19H22N2O5S. The van der Waals surface area contributed by atoms with Gasteiger partial charge in [-0.3, -0.25) is 9.59 Å². The van der Waals surface area contributed by atoms with Crippen molar-refractivity contribution in [1.82, 2.24) is 4.72 Å². The van der Waals surface area contributed by atoms with Crippen molar-refractivity contribution >= 4 is 27.6 Å². The number of rotatable bonds is 6. The summed E-state index contributed by atoms with van der Waals surface area (Å²) in [5.74, 6) is -1.38. The molecule has 0 radical (unpaired) electrons. The van der Waals surface area contributed by atoms with Crippen molar-refractivity contribution in [3.63, 3.8) is 0 Å². The summed E-state index contributed by atoms with van der Waals surface area (Å²) in [5.41, 5.74) is 0.698. The van der Waals surface area contributed by atoms with Gasteiger partial charge in [-0.2, -0.15) is 0 Å². The third-order valence-electron chi connectivity index (χ3n) is 3.41. The summed E-state index contributed by atoms with van der Waals surface area (Å²) in [6, 6.07) is 12.1. The van der Waals surface area contributed by atoms with E-state index in [2.05, 4.69) is 10.0 Å². The zero-order chi connectivity index (χ0) is 20.2. The van der Waals surface area contributed by atoms with Crippen LogP contribution in [0.2, 0.25) is 0 Å². The summed E-state index contributed by atoms with van der Waals surface area (Å²) >= 11 is 0. The molecule has 27 heavy (non-hydrogen) atoms. The number of nitrogens with one attached hydrogen (secondary N) is 2. The fraction of sp³-hybridized carbons (Fsp3) is 0.263. The van der Waals surface area contributed by atoms with Crippen molar-refractivity contribution < 1.29 is 23.1 Å². The van der Waals surface area contributed by atoms with Gasteiger partial charge in [0, 0.05) is 16.8 Å². The van der Waals surface area contributed by atoms with E-state index in [4.69, 9.17) is 5.11 Å². The number of carbonyl (C=O) groups is 2. The van der Waals surface area contributed by atoms with Crippen molar-refractivity contribution in [2.45, 2.75) is 37.6 Å². The number of aliphatic carboxylic acids is 1. The molecular weight excluding hydrogens is 368 g/mol. The van der Waals surface area contributed by atoms with Crippen molar-refractivity contribution in [3.05, 3.63) is 59.7 Å². The van der Waals surface area contributed by atoms with E-state index in [0.717, 1.165) is 0 Å². The van der Waals surface area contributed by atoms with Crippen molar-refractivity contribution in [2.75, 3.05) is 5.32 Å². The molecule has 2 aromatic rings. The first-order chi connectivity index (χ1) is 12.5. The Morgan fingerprint density at radius 3 is 2.22 bits per heavy atom. The average Bonchev–Trinajstić information content (AvgIpc) is 2.52. The smallest absolute Gasteiger partial charge is 0.307 e. The number of carbonyl (C=O) groups excluding carboxylic acids is 1. The lowest BCUT2D eigenvalue weighted by atomic mass is 10.1. The Morgan fingerprint density at radius 2 is 1.67 bits per heavy atom. The predicted octanol–water partition coefficient (Wildman–Crippen LogP) is 2.64. The second kappa shape index (κ2) is 7.89. The van der Waals surface area contributed by atoms with Crippen LogP contribution in [-0.4, -0.2) is 30.9 Å². The third-order valence-corrected chi connectivity index (χ3v) is 5.18. The van der Waals surface area contributed by atoms with E-state index in [1.165, 1.54) is 24.3 Å². The van der Waals surface area contributed by atoms with Gasteiger partial charge in [-0.15, -0.1) is 0 Å². The molecule has 0 bridgehead atoms. The Hall–Kier alpha value is -2.71. The SMILES string of the molecule is CC(C)(C)NS(=O)(=O)c1ccc(C(=O)Nc2cccc(CC(=O)O)c2)cc1. The minimum Gasteiger partial charge on any atom is -0.481 e. The molecule has 0 aromatic heterocycles. The molecule has 2 aromatic carbocycles. The fourth-order valence-electron chi connectivity index (χ4n) is 2.38. The number of anilines is 1. The van der Waals surface area contributed by atoms with Crippen LogP contribution in [0.3, 0.4) is 0 Å². The maximum absolute atomic E-state index is 12.3. The Balaban J connectivity index is 2.13. The van der Waals surface area contributed by atoms with Gasteiger partial charge in [0.1, 0.15) is 0 Å². The lowest BCUT2D eigenvalue weighted by Crippen LogP contribution is -2.40. The van der Waals surface area contributed by atoms with E-state index < -0.39 is 27.4 Å². The number of hydrogen-bond acceptors (Lipinski definition) is 4. The molecule has 0 spiro atoms. The van der Waals surface area contributed by atoms with Gasteiger partial charge in [-0.1, -0.05) is 12.1 Å². The second-order valence-corrected chi connectivity index (χ2v) is 8.79. The number of benzene rings is 2. The monoisotopic (exact) mass is 390 g/mol. The first-order valence-corrected chi connectivity index (χ1v) is 9.71. The quantitative estimate of drug-likeness (QED) is 0.702. The highest BCUT2D eigenvalue weighted by molar-refractivity contribution is 7.89. The summed E-state index contributed by atoms with van der Waals surface area (Å²) in [4.78, 5) is 23.2. The molecule has 0 unspecified atom stereocenters. The van der Waals surface area contributed by atoms with Crippen molar-refractivity contribution in [3.8, 4) is 0 Å². The Bertz CT molecular complexity index is 945. The molecule has 0 saturated carbocycles. The number of hydrogen-bond donors (Lipinski definition) is 3. The van der Waals surface area contributed by atoms with Crippen LogP contribution in [0.15, 0.2) is 53.4 Å². The van der Waals surface area contributed by atoms with Crippen molar-refractivity contribution in [1.29, 1.82) is 0 Å². The minimum absolute atomic E-state index is 0.0671. The first-order valence-electron chi connectivity index (χ1n) is 8.22. The molecule has 0 aliphatic rings. The molecule has 0 aliphatic carbocycles. The molecule has 0 atom stereocenters. The largest absolute Gasteiger partial charge is 0.481 e. The van der Waals surface area contributed by atoms with E-state index in [0.29, 0.717) is 11.3 Å². The molecule has 0 heterocycles.